The van der Waals surface area contributed by atoms with E-state index in [2.05, 4.69) is 26.0 Å². The molecule has 0 unspecified atom stereocenters. The quantitative estimate of drug-likeness (QED) is 0.187. The normalized spacial score (nSPS) is 11.5. The maximum Gasteiger partial charge on any atom is -0.0351 e. The van der Waals surface area contributed by atoms with E-state index in [1.54, 1.807) is 0 Å². The van der Waals surface area contributed by atoms with Gasteiger partial charge in [-0.15, -0.1) is 0 Å². The van der Waals surface area contributed by atoms with Gasteiger partial charge in [-0.2, -0.15) is 0 Å². The molecule has 0 aromatic heterocycles. The SMILES string of the molecule is CCCCCCCCC/C=C\CCCCCCCCCC. The zero-order valence-corrected chi connectivity index (χ0v) is 15.2. The van der Waals surface area contributed by atoms with E-state index in [4.69, 9.17) is 0 Å². The Hall–Kier alpha value is -0.260. The molecule has 0 aliphatic carbocycles. The smallest absolute Gasteiger partial charge is 0.0351 e. The Kier molecular flexibility index (Phi) is 19.5. The summed E-state index contributed by atoms with van der Waals surface area (Å²) in [6.07, 6.45) is 28.9. The fourth-order valence-electron chi connectivity index (χ4n) is 2.85. The number of unbranched alkanes of at least 4 members (excludes halogenated alkanes) is 15. The molecule has 0 aromatic carbocycles. The lowest BCUT2D eigenvalue weighted by Gasteiger charge is -2.00. The van der Waals surface area contributed by atoms with Crippen LogP contribution in [0.2, 0.25) is 0 Å². The first-order chi connectivity index (χ1) is 10.4. The predicted octanol–water partition coefficient (Wildman–Crippen LogP) is 8.21. The van der Waals surface area contributed by atoms with Crippen molar-refractivity contribution in [3.05, 3.63) is 12.2 Å². The minimum absolute atomic E-state index is 1.31. The van der Waals surface area contributed by atoms with Crippen LogP contribution in [-0.2, 0) is 0 Å². The van der Waals surface area contributed by atoms with Gasteiger partial charge in [0.2, 0.25) is 0 Å². The first-order valence-corrected chi connectivity index (χ1v) is 10.1. The molecule has 0 aromatic rings. The lowest BCUT2D eigenvalue weighted by atomic mass is 10.1. The molecule has 0 saturated heterocycles. The number of allylic oxidation sites excluding steroid dienone is 2. The van der Waals surface area contributed by atoms with Crippen LogP contribution in [0.1, 0.15) is 123 Å². The van der Waals surface area contributed by atoms with Crippen molar-refractivity contribution >= 4 is 0 Å². The molecule has 0 saturated carbocycles. The van der Waals surface area contributed by atoms with Crippen molar-refractivity contribution in [1.82, 2.24) is 0 Å². The summed E-state index contributed by atoms with van der Waals surface area (Å²) in [5, 5.41) is 0. The first kappa shape index (κ1) is 20.7. The monoisotopic (exact) mass is 294 g/mol. The van der Waals surface area contributed by atoms with Gasteiger partial charge in [0.1, 0.15) is 0 Å². The van der Waals surface area contributed by atoms with Gasteiger partial charge in [0.25, 0.3) is 0 Å². The summed E-state index contributed by atoms with van der Waals surface area (Å²) in [5.41, 5.74) is 0. The van der Waals surface area contributed by atoms with Crippen LogP contribution < -0.4 is 0 Å². The summed E-state index contributed by atoms with van der Waals surface area (Å²) >= 11 is 0. The molecular weight excluding hydrogens is 252 g/mol. The van der Waals surface area contributed by atoms with E-state index in [9.17, 15) is 0 Å². The molecule has 0 fully saturated rings. The van der Waals surface area contributed by atoms with Crippen molar-refractivity contribution in [2.75, 3.05) is 0 Å². The maximum absolute atomic E-state index is 2.42. The predicted molar refractivity (Wildman–Crippen MR) is 99.0 cm³/mol. The summed E-state index contributed by atoms with van der Waals surface area (Å²) in [4.78, 5) is 0. The first-order valence-electron chi connectivity index (χ1n) is 10.1. The Morgan fingerprint density at radius 1 is 0.381 bits per heavy atom. The van der Waals surface area contributed by atoms with Gasteiger partial charge in [-0.3, -0.25) is 0 Å². The zero-order valence-electron chi connectivity index (χ0n) is 15.2. The van der Waals surface area contributed by atoms with Gasteiger partial charge in [0, 0.05) is 0 Å². The summed E-state index contributed by atoms with van der Waals surface area (Å²) in [6, 6.07) is 0. The van der Waals surface area contributed by atoms with Gasteiger partial charge in [-0.1, -0.05) is 109 Å². The molecule has 0 radical (unpaired) electrons. The lowest BCUT2D eigenvalue weighted by molar-refractivity contribution is 0.577. The highest BCUT2D eigenvalue weighted by Gasteiger charge is 1.91. The molecule has 0 aliphatic heterocycles. The minimum Gasteiger partial charge on any atom is -0.0885 e. The van der Waals surface area contributed by atoms with Crippen LogP contribution >= 0.6 is 0 Å². The third-order valence-electron chi connectivity index (χ3n) is 4.37. The zero-order chi connectivity index (χ0) is 15.4. The van der Waals surface area contributed by atoms with Gasteiger partial charge in [-0.25, -0.2) is 0 Å². The average molecular weight is 295 g/mol. The second kappa shape index (κ2) is 19.7. The molecule has 0 aliphatic rings. The standard InChI is InChI=1S/C21H42/c1-3-5-7-9-11-13-15-17-19-21-20-18-16-14-12-10-8-6-4-2/h19,21H,3-18,20H2,1-2H3/b21-19-. The summed E-state index contributed by atoms with van der Waals surface area (Å²) in [6.45, 7) is 4.58. The van der Waals surface area contributed by atoms with Gasteiger partial charge in [0.15, 0.2) is 0 Å². The van der Waals surface area contributed by atoms with Gasteiger partial charge in [-0.05, 0) is 25.7 Å². The Morgan fingerprint density at radius 2 is 0.667 bits per heavy atom. The van der Waals surface area contributed by atoms with E-state index in [1.807, 2.05) is 0 Å². The van der Waals surface area contributed by atoms with Crippen LogP contribution in [0.25, 0.3) is 0 Å². The molecular formula is C21H42. The Balaban J connectivity index is 3.02. The average Bonchev–Trinajstić information content (AvgIpc) is 2.50. The molecule has 0 heteroatoms. The summed E-state index contributed by atoms with van der Waals surface area (Å²) < 4.78 is 0. The van der Waals surface area contributed by atoms with Crippen molar-refractivity contribution in [3.8, 4) is 0 Å². The fraction of sp³-hybridized carbons (Fsp3) is 0.905. The van der Waals surface area contributed by atoms with E-state index in [-0.39, 0.29) is 0 Å². The lowest BCUT2D eigenvalue weighted by Crippen LogP contribution is -1.80. The fourth-order valence-corrected chi connectivity index (χ4v) is 2.85. The summed E-state index contributed by atoms with van der Waals surface area (Å²) in [7, 11) is 0. The molecule has 0 bridgehead atoms. The van der Waals surface area contributed by atoms with Crippen LogP contribution in [0.15, 0.2) is 12.2 Å². The van der Waals surface area contributed by atoms with Crippen LogP contribution in [0.4, 0.5) is 0 Å². The van der Waals surface area contributed by atoms with Crippen LogP contribution in [0, 0.1) is 0 Å². The highest BCUT2D eigenvalue weighted by Crippen LogP contribution is 2.11. The van der Waals surface area contributed by atoms with Crippen molar-refractivity contribution < 1.29 is 0 Å². The Labute approximate surface area is 135 Å². The Bertz CT molecular complexity index is 192. The van der Waals surface area contributed by atoms with Crippen LogP contribution in [-0.4, -0.2) is 0 Å². The van der Waals surface area contributed by atoms with Crippen molar-refractivity contribution in [2.45, 2.75) is 123 Å². The van der Waals surface area contributed by atoms with Crippen molar-refractivity contribution in [3.63, 3.8) is 0 Å². The van der Waals surface area contributed by atoms with Gasteiger partial charge < -0.3 is 0 Å². The third-order valence-corrected chi connectivity index (χ3v) is 4.37. The van der Waals surface area contributed by atoms with Gasteiger partial charge >= 0.3 is 0 Å². The topological polar surface area (TPSA) is 0 Å². The molecule has 126 valence electrons. The maximum atomic E-state index is 2.42. The van der Waals surface area contributed by atoms with Crippen molar-refractivity contribution in [1.29, 1.82) is 0 Å². The molecule has 0 atom stereocenters. The molecule has 0 rings (SSSR count). The number of rotatable bonds is 17. The van der Waals surface area contributed by atoms with E-state index >= 15 is 0 Å². The third kappa shape index (κ3) is 19.7. The Morgan fingerprint density at radius 3 is 1.00 bits per heavy atom. The minimum atomic E-state index is 1.31. The molecule has 0 N–H and O–H groups in total. The highest BCUT2D eigenvalue weighted by molar-refractivity contribution is 4.81. The molecule has 0 spiro atoms. The molecule has 0 heterocycles. The molecule has 21 heavy (non-hydrogen) atoms. The highest BCUT2D eigenvalue weighted by atomic mass is 14.0. The second-order valence-electron chi connectivity index (χ2n) is 6.64. The molecule has 0 amide bonds. The number of hydrogen-bond donors (Lipinski definition) is 0. The van der Waals surface area contributed by atoms with E-state index in [0.29, 0.717) is 0 Å². The molecule has 0 nitrogen and oxygen atoms in total. The van der Waals surface area contributed by atoms with E-state index < -0.39 is 0 Å². The van der Waals surface area contributed by atoms with Crippen molar-refractivity contribution in [2.24, 2.45) is 0 Å². The second-order valence-corrected chi connectivity index (χ2v) is 6.64. The number of hydrogen-bond acceptors (Lipinski definition) is 0. The van der Waals surface area contributed by atoms with Crippen LogP contribution in [0.3, 0.4) is 0 Å². The van der Waals surface area contributed by atoms with E-state index in [1.165, 1.54) is 109 Å². The van der Waals surface area contributed by atoms with Gasteiger partial charge in [0.05, 0.1) is 0 Å². The largest absolute Gasteiger partial charge is 0.0885 e. The summed E-state index contributed by atoms with van der Waals surface area (Å²) in [5.74, 6) is 0. The van der Waals surface area contributed by atoms with Crippen LogP contribution in [0.5, 0.6) is 0 Å². The van der Waals surface area contributed by atoms with E-state index in [0.717, 1.165) is 0 Å².